The Balaban J connectivity index is 1.47. The highest BCUT2D eigenvalue weighted by Crippen LogP contribution is 2.19. The summed E-state index contributed by atoms with van der Waals surface area (Å²) in [5.74, 6) is -0.165. The summed E-state index contributed by atoms with van der Waals surface area (Å²) in [4.78, 5) is 24.2. The fourth-order valence-electron chi connectivity index (χ4n) is 2.59. The van der Waals surface area contributed by atoms with Gasteiger partial charge in [-0.3, -0.25) is 9.59 Å². The van der Waals surface area contributed by atoms with Crippen molar-refractivity contribution in [3.05, 3.63) is 72.8 Å². The van der Waals surface area contributed by atoms with Gasteiger partial charge in [-0.15, -0.1) is 0 Å². The maximum absolute atomic E-state index is 12.3. The molecule has 0 aliphatic heterocycles. The second-order valence-electron chi connectivity index (χ2n) is 6.09. The van der Waals surface area contributed by atoms with Gasteiger partial charge in [0.1, 0.15) is 5.75 Å². The van der Waals surface area contributed by atoms with Crippen LogP contribution in [0.4, 0.5) is 5.69 Å². The van der Waals surface area contributed by atoms with E-state index in [1.807, 2.05) is 72.8 Å². The number of esters is 1. The van der Waals surface area contributed by atoms with Gasteiger partial charge < -0.3 is 14.8 Å². The number of anilines is 1. The van der Waals surface area contributed by atoms with Crippen LogP contribution >= 0.6 is 0 Å². The third kappa shape index (κ3) is 5.31. The van der Waals surface area contributed by atoms with Crippen molar-refractivity contribution in [1.29, 1.82) is 0 Å². The molecule has 5 heteroatoms. The maximum Gasteiger partial charge on any atom is 0.310 e. The Bertz CT molecular complexity index is 924. The number of amides is 1. The number of hydrogen-bond donors (Lipinski definition) is 1. The molecule has 3 aromatic carbocycles. The monoisotopic (exact) mass is 363 g/mol. The highest BCUT2D eigenvalue weighted by Gasteiger charge is 2.18. The number of carbonyl (C=O) groups is 2. The maximum atomic E-state index is 12.3. The molecule has 0 saturated heterocycles. The fraction of sp³-hybridized carbons (Fsp3) is 0.182. The van der Waals surface area contributed by atoms with E-state index in [2.05, 4.69) is 5.32 Å². The molecule has 0 aromatic heterocycles. The lowest BCUT2D eigenvalue weighted by Crippen LogP contribution is -2.30. The van der Waals surface area contributed by atoms with Crippen molar-refractivity contribution >= 4 is 28.3 Å². The molecular weight excluding hydrogens is 342 g/mol. The molecule has 27 heavy (non-hydrogen) atoms. The molecule has 0 aliphatic rings. The Hall–Kier alpha value is -3.34. The summed E-state index contributed by atoms with van der Waals surface area (Å²) < 4.78 is 10.6. The molecule has 0 fully saturated rings. The lowest BCUT2D eigenvalue weighted by molar-refractivity contribution is -0.153. The van der Waals surface area contributed by atoms with E-state index >= 15 is 0 Å². The zero-order valence-electron chi connectivity index (χ0n) is 15.1. The fourth-order valence-corrected chi connectivity index (χ4v) is 2.59. The molecule has 0 unspecified atom stereocenters. The minimum atomic E-state index is -0.888. The van der Waals surface area contributed by atoms with Gasteiger partial charge in [0.2, 0.25) is 0 Å². The number of carbonyl (C=O) groups excluding carboxylic acids is 2. The van der Waals surface area contributed by atoms with E-state index in [4.69, 9.17) is 9.47 Å². The van der Waals surface area contributed by atoms with Crippen molar-refractivity contribution < 1.29 is 19.1 Å². The number of para-hydroxylation sites is 1. The Morgan fingerprint density at radius 3 is 2.41 bits per heavy atom. The lowest BCUT2D eigenvalue weighted by Gasteiger charge is -2.14. The third-order valence-corrected chi connectivity index (χ3v) is 4.01. The van der Waals surface area contributed by atoms with Gasteiger partial charge in [-0.1, -0.05) is 48.5 Å². The van der Waals surface area contributed by atoms with E-state index in [9.17, 15) is 9.59 Å². The van der Waals surface area contributed by atoms with Crippen molar-refractivity contribution in [2.75, 3.05) is 11.9 Å². The van der Waals surface area contributed by atoms with E-state index in [1.54, 1.807) is 6.92 Å². The van der Waals surface area contributed by atoms with Gasteiger partial charge in [-0.25, -0.2) is 0 Å². The SMILES string of the molecule is C[C@@H](OC(=O)CCOc1ccccc1)C(=O)Nc1ccc2ccccc2c1. The molecule has 3 rings (SSSR count). The van der Waals surface area contributed by atoms with E-state index in [1.165, 1.54) is 0 Å². The van der Waals surface area contributed by atoms with Crippen LogP contribution in [0.3, 0.4) is 0 Å². The molecule has 0 saturated carbocycles. The molecule has 138 valence electrons. The molecule has 1 N–H and O–H groups in total. The second-order valence-corrected chi connectivity index (χ2v) is 6.09. The average Bonchev–Trinajstić information content (AvgIpc) is 2.68. The first-order valence-corrected chi connectivity index (χ1v) is 8.79. The van der Waals surface area contributed by atoms with Gasteiger partial charge in [0, 0.05) is 5.69 Å². The molecular formula is C22H21NO4. The zero-order valence-corrected chi connectivity index (χ0v) is 15.1. The lowest BCUT2D eigenvalue weighted by atomic mass is 10.1. The molecule has 0 bridgehead atoms. The van der Waals surface area contributed by atoms with Crippen LogP contribution in [-0.4, -0.2) is 24.6 Å². The van der Waals surface area contributed by atoms with Gasteiger partial charge in [0.15, 0.2) is 6.10 Å². The first-order valence-electron chi connectivity index (χ1n) is 8.79. The Labute approximate surface area is 157 Å². The number of benzene rings is 3. The molecule has 0 aliphatic carbocycles. The van der Waals surface area contributed by atoms with Gasteiger partial charge in [0.05, 0.1) is 13.0 Å². The molecule has 1 atom stereocenters. The van der Waals surface area contributed by atoms with Crippen LogP contribution in [0, 0.1) is 0 Å². The first kappa shape index (κ1) is 18.5. The van der Waals surface area contributed by atoms with E-state index < -0.39 is 12.1 Å². The highest BCUT2D eigenvalue weighted by atomic mass is 16.5. The Morgan fingerprint density at radius 1 is 0.926 bits per heavy atom. The van der Waals surface area contributed by atoms with Crippen LogP contribution < -0.4 is 10.1 Å². The zero-order chi connectivity index (χ0) is 19.1. The van der Waals surface area contributed by atoms with Gasteiger partial charge in [-0.05, 0) is 42.0 Å². The smallest absolute Gasteiger partial charge is 0.310 e. The topological polar surface area (TPSA) is 64.6 Å². The van der Waals surface area contributed by atoms with E-state index in [0.29, 0.717) is 11.4 Å². The number of nitrogens with one attached hydrogen (secondary N) is 1. The highest BCUT2D eigenvalue weighted by molar-refractivity contribution is 5.97. The van der Waals surface area contributed by atoms with Crippen molar-refractivity contribution in [2.24, 2.45) is 0 Å². The predicted octanol–water partition coefficient (Wildman–Crippen LogP) is 4.18. The summed E-state index contributed by atoms with van der Waals surface area (Å²) in [5.41, 5.74) is 0.661. The number of rotatable bonds is 7. The summed E-state index contributed by atoms with van der Waals surface area (Å²) in [6.07, 6.45) is -0.816. The summed E-state index contributed by atoms with van der Waals surface area (Å²) in [6.45, 7) is 1.74. The first-order chi connectivity index (χ1) is 13.1. The minimum absolute atomic E-state index is 0.0719. The van der Waals surface area contributed by atoms with Gasteiger partial charge in [0.25, 0.3) is 5.91 Å². The van der Waals surface area contributed by atoms with Crippen LogP contribution in [0.15, 0.2) is 72.8 Å². The molecule has 0 radical (unpaired) electrons. The molecule has 3 aromatic rings. The number of fused-ring (bicyclic) bond motifs is 1. The summed E-state index contributed by atoms with van der Waals surface area (Å²) >= 11 is 0. The van der Waals surface area contributed by atoms with Gasteiger partial charge in [-0.2, -0.15) is 0 Å². The summed E-state index contributed by atoms with van der Waals surface area (Å²) in [6, 6.07) is 22.7. The summed E-state index contributed by atoms with van der Waals surface area (Å²) in [7, 11) is 0. The Kier molecular flexibility index (Phi) is 6.05. The van der Waals surface area contributed by atoms with Crippen molar-refractivity contribution in [2.45, 2.75) is 19.4 Å². The third-order valence-electron chi connectivity index (χ3n) is 4.01. The Morgan fingerprint density at radius 2 is 1.63 bits per heavy atom. The molecule has 0 spiro atoms. The van der Waals surface area contributed by atoms with Crippen LogP contribution in [0.25, 0.3) is 10.8 Å². The largest absolute Gasteiger partial charge is 0.493 e. The number of hydrogen-bond acceptors (Lipinski definition) is 4. The van der Waals surface area contributed by atoms with Crippen molar-refractivity contribution in [3.8, 4) is 5.75 Å². The standard InChI is InChI=1S/C22H21NO4/c1-16(27-21(24)13-14-26-20-9-3-2-4-10-20)22(25)23-19-12-11-17-7-5-6-8-18(17)15-19/h2-12,15-16H,13-14H2,1H3,(H,23,25)/t16-/m1/s1. The second kappa shape index (κ2) is 8.85. The van der Waals surface area contributed by atoms with E-state index in [0.717, 1.165) is 10.8 Å². The number of ether oxygens (including phenoxy) is 2. The van der Waals surface area contributed by atoms with Crippen molar-refractivity contribution in [1.82, 2.24) is 0 Å². The van der Waals surface area contributed by atoms with E-state index in [-0.39, 0.29) is 18.9 Å². The van der Waals surface area contributed by atoms with Crippen LogP contribution in [-0.2, 0) is 14.3 Å². The average molecular weight is 363 g/mol. The summed E-state index contributed by atoms with van der Waals surface area (Å²) in [5, 5.41) is 4.89. The molecule has 5 nitrogen and oxygen atoms in total. The quantitative estimate of drug-likeness (QED) is 0.640. The molecule has 0 heterocycles. The van der Waals surface area contributed by atoms with Gasteiger partial charge >= 0.3 is 5.97 Å². The van der Waals surface area contributed by atoms with Crippen LogP contribution in [0.1, 0.15) is 13.3 Å². The van der Waals surface area contributed by atoms with Crippen molar-refractivity contribution in [3.63, 3.8) is 0 Å². The normalized spacial score (nSPS) is 11.6. The molecule has 1 amide bonds. The van der Waals surface area contributed by atoms with Crippen LogP contribution in [0.5, 0.6) is 5.75 Å². The van der Waals surface area contributed by atoms with Crippen LogP contribution in [0.2, 0.25) is 0 Å². The predicted molar refractivity (Wildman–Crippen MR) is 105 cm³/mol. The minimum Gasteiger partial charge on any atom is -0.493 e.